The summed E-state index contributed by atoms with van der Waals surface area (Å²) in [6.45, 7) is 5.16. The number of ether oxygens (including phenoxy) is 1. The van der Waals surface area contributed by atoms with Gasteiger partial charge in [0.2, 0.25) is 0 Å². The van der Waals surface area contributed by atoms with E-state index < -0.39 is 0 Å². The second-order valence-corrected chi connectivity index (χ2v) is 4.67. The average Bonchev–Trinajstić information content (AvgIpc) is 2.39. The van der Waals surface area contributed by atoms with Crippen molar-refractivity contribution in [1.82, 2.24) is 0 Å². The van der Waals surface area contributed by atoms with Gasteiger partial charge in [0.05, 0.1) is 6.61 Å². The number of nitrogens with two attached hydrogens (primary N) is 1. The summed E-state index contributed by atoms with van der Waals surface area (Å²) in [5, 5.41) is 7.40. The quantitative estimate of drug-likeness (QED) is 0.546. The van der Waals surface area contributed by atoms with Gasteiger partial charge in [0.25, 0.3) is 0 Å². The van der Waals surface area contributed by atoms with Crippen molar-refractivity contribution in [1.29, 1.82) is 5.41 Å². The van der Waals surface area contributed by atoms with Gasteiger partial charge in [-0.05, 0) is 24.5 Å². The number of amidine groups is 1. The number of benzene rings is 1. The lowest BCUT2D eigenvalue weighted by Gasteiger charge is -2.15. The third-order valence-electron chi connectivity index (χ3n) is 3.17. The lowest BCUT2D eigenvalue weighted by Crippen LogP contribution is -2.13. The van der Waals surface area contributed by atoms with Gasteiger partial charge in [-0.25, -0.2) is 0 Å². The number of nitrogens with one attached hydrogen (secondary N) is 1. The predicted molar refractivity (Wildman–Crippen MR) is 76.3 cm³/mol. The van der Waals surface area contributed by atoms with Crippen LogP contribution in [0, 0.1) is 11.3 Å². The molecule has 0 saturated heterocycles. The van der Waals surface area contributed by atoms with E-state index in [4.69, 9.17) is 15.9 Å². The fraction of sp³-hybridized carbons (Fsp3) is 0.533. The van der Waals surface area contributed by atoms with Crippen molar-refractivity contribution in [2.45, 2.75) is 39.5 Å². The standard InChI is InChI=1S/C15H24N2O/c1-3-5-7-12(4-2)11-18-14-9-6-8-13(10-14)15(16)17/h6,8-10,12H,3-5,7,11H2,1-2H3,(H3,16,17). The van der Waals surface area contributed by atoms with Gasteiger partial charge in [0.15, 0.2) is 0 Å². The summed E-state index contributed by atoms with van der Waals surface area (Å²) in [6.07, 6.45) is 4.86. The average molecular weight is 248 g/mol. The second-order valence-electron chi connectivity index (χ2n) is 4.67. The molecule has 0 spiro atoms. The van der Waals surface area contributed by atoms with Gasteiger partial charge in [-0.15, -0.1) is 0 Å². The summed E-state index contributed by atoms with van der Waals surface area (Å²) in [5.41, 5.74) is 6.17. The molecule has 0 saturated carbocycles. The number of hydrogen-bond donors (Lipinski definition) is 2. The molecule has 1 aromatic rings. The highest BCUT2D eigenvalue weighted by Gasteiger charge is 2.07. The van der Waals surface area contributed by atoms with E-state index in [0.717, 1.165) is 18.8 Å². The molecule has 0 radical (unpaired) electrons. The van der Waals surface area contributed by atoms with Crippen LogP contribution in [0.2, 0.25) is 0 Å². The molecule has 0 amide bonds. The number of rotatable bonds is 8. The van der Waals surface area contributed by atoms with Crippen LogP contribution in [-0.4, -0.2) is 12.4 Å². The van der Waals surface area contributed by atoms with Gasteiger partial charge in [-0.1, -0.05) is 45.2 Å². The Bertz CT molecular complexity index is 377. The van der Waals surface area contributed by atoms with Gasteiger partial charge in [0, 0.05) is 5.56 Å². The molecule has 0 aromatic heterocycles. The van der Waals surface area contributed by atoms with E-state index >= 15 is 0 Å². The maximum Gasteiger partial charge on any atom is 0.122 e. The van der Waals surface area contributed by atoms with E-state index in [0.29, 0.717) is 11.5 Å². The van der Waals surface area contributed by atoms with E-state index in [-0.39, 0.29) is 5.84 Å². The molecule has 1 unspecified atom stereocenters. The molecule has 100 valence electrons. The van der Waals surface area contributed by atoms with Crippen LogP contribution in [0.15, 0.2) is 24.3 Å². The van der Waals surface area contributed by atoms with Crippen LogP contribution >= 0.6 is 0 Å². The van der Waals surface area contributed by atoms with Crippen molar-refractivity contribution in [2.75, 3.05) is 6.61 Å². The molecule has 0 fully saturated rings. The minimum Gasteiger partial charge on any atom is -0.493 e. The zero-order chi connectivity index (χ0) is 13.4. The molecular weight excluding hydrogens is 224 g/mol. The minimum absolute atomic E-state index is 0.0819. The van der Waals surface area contributed by atoms with Crippen LogP contribution < -0.4 is 10.5 Å². The molecule has 3 N–H and O–H groups in total. The van der Waals surface area contributed by atoms with E-state index in [2.05, 4.69) is 13.8 Å². The molecule has 0 aliphatic carbocycles. The summed E-state index contributed by atoms with van der Waals surface area (Å²) in [4.78, 5) is 0. The SMILES string of the molecule is CCCCC(CC)COc1cccc(C(=N)N)c1. The first-order valence-corrected chi connectivity index (χ1v) is 6.74. The maximum absolute atomic E-state index is 7.40. The van der Waals surface area contributed by atoms with Gasteiger partial charge in [0.1, 0.15) is 11.6 Å². The Hall–Kier alpha value is -1.51. The van der Waals surface area contributed by atoms with Crippen LogP contribution in [0.3, 0.4) is 0 Å². The maximum atomic E-state index is 7.40. The minimum atomic E-state index is 0.0819. The molecule has 3 heteroatoms. The van der Waals surface area contributed by atoms with E-state index in [1.54, 1.807) is 0 Å². The van der Waals surface area contributed by atoms with Gasteiger partial charge in [-0.2, -0.15) is 0 Å². The number of unbranched alkanes of at least 4 members (excludes halogenated alkanes) is 1. The van der Waals surface area contributed by atoms with Gasteiger partial charge >= 0.3 is 0 Å². The second kappa shape index (κ2) is 7.75. The lowest BCUT2D eigenvalue weighted by atomic mass is 10.0. The van der Waals surface area contributed by atoms with Crippen molar-refractivity contribution < 1.29 is 4.74 Å². The molecule has 0 bridgehead atoms. The first kappa shape index (κ1) is 14.6. The van der Waals surface area contributed by atoms with Gasteiger partial charge in [-0.3, -0.25) is 5.41 Å². The summed E-state index contributed by atoms with van der Waals surface area (Å²) >= 11 is 0. The monoisotopic (exact) mass is 248 g/mol. The van der Waals surface area contributed by atoms with Crippen molar-refractivity contribution in [3.8, 4) is 5.75 Å². The van der Waals surface area contributed by atoms with E-state index in [1.807, 2.05) is 24.3 Å². The highest BCUT2D eigenvalue weighted by molar-refractivity contribution is 5.95. The molecular formula is C15H24N2O. The molecule has 3 nitrogen and oxygen atoms in total. The molecule has 1 aromatic carbocycles. The molecule has 1 atom stereocenters. The zero-order valence-corrected chi connectivity index (χ0v) is 11.4. The first-order chi connectivity index (χ1) is 8.67. The molecule has 18 heavy (non-hydrogen) atoms. The fourth-order valence-corrected chi connectivity index (χ4v) is 1.87. The normalized spacial score (nSPS) is 12.1. The number of hydrogen-bond acceptors (Lipinski definition) is 2. The van der Waals surface area contributed by atoms with Gasteiger partial charge < -0.3 is 10.5 Å². The topological polar surface area (TPSA) is 59.1 Å². The van der Waals surface area contributed by atoms with Crippen molar-refractivity contribution in [3.63, 3.8) is 0 Å². The first-order valence-electron chi connectivity index (χ1n) is 6.74. The Morgan fingerprint density at radius 2 is 2.17 bits per heavy atom. The van der Waals surface area contributed by atoms with Crippen LogP contribution in [0.5, 0.6) is 5.75 Å². The van der Waals surface area contributed by atoms with E-state index in [9.17, 15) is 0 Å². The largest absolute Gasteiger partial charge is 0.493 e. The Morgan fingerprint density at radius 3 is 2.78 bits per heavy atom. The molecule has 0 aliphatic heterocycles. The molecule has 0 heterocycles. The van der Waals surface area contributed by atoms with E-state index in [1.165, 1.54) is 19.3 Å². The van der Waals surface area contributed by atoms with Crippen molar-refractivity contribution in [3.05, 3.63) is 29.8 Å². The Labute approximate surface area is 110 Å². The molecule has 1 rings (SSSR count). The van der Waals surface area contributed by atoms with Crippen LogP contribution in [0.25, 0.3) is 0 Å². The Morgan fingerprint density at radius 1 is 1.39 bits per heavy atom. The zero-order valence-electron chi connectivity index (χ0n) is 11.4. The highest BCUT2D eigenvalue weighted by atomic mass is 16.5. The molecule has 0 aliphatic rings. The predicted octanol–water partition coefficient (Wildman–Crippen LogP) is 3.57. The Kier molecular flexibility index (Phi) is 6.26. The third kappa shape index (κ3) is 4.78. The smallest absolute Gasteiger partial charge is 0.122 e. The lowest BCUT2D eigenvalue weighted by molar-refractivity contribution is 0.233. The third-order valence-corrected chi connectivity index (χ3v) is 3.17. The highest BCUT2D eigenvalue weighted by Crippen LogP contribution is 2.17. The Balaban J connectivity index is 2.51. The van der Waals surface area contributed by atoms with Crippen LogP contribution in [0.4, 0.5) is 0 Å². The van der Waals surface area contributed by atoms with Crippen molar-refractivity contribution >= 4 is 5.84 Å². The summed E-state index contributed by atoms with van der Waals surface area (Å²) in [7, 11) is 0. The number of nitrogen functional groups attached to an aromatic ring is 1. The summed E-state index contributed by atoms with van der Waals surface area (Å²) < 4.78 is 5.79. The van der Waals surface area contributed by atoms with Crippen LogP contribution in [0.1, 0.15) is 45.1 Å². The summed E-state index contributed by atoms with van der Waals surface area (Å²) in [6, 6.07) is 7.44. The summed E-state index contributed by atoms with van der Waals surface area (Å²) in [5.74, 6) is 1.50. The van der Waals surface area contributed by atoms with Crippen LogP contribution in [-0.2, 0) is 0 Å². The fourth-order valence-electron chi connectivity index (χ4n) is 1.87. The van der Waals surface area contributed by atoms with Crippen molar-refractivity contribution in [2.24, 2.45) is 11.7 Å².